The fourth-order valence-corrected chi connectivity index (χ4v) is 3.10. The molecular weight excluding hydrogens is 186 g/mol. The molecule has 3 rings (SSSR count). The molecule has 0 radical (unpaired) electrons. The number of fused-ring (bicyclic) bond motifs is 1. The molecule has 1 saturated carbocycles. The van der Waals surface area contributed by atoms with Crippen molar-refractivity contribution >= 4 is 0 Å². The third kappa shape index (κ3) is 1.83. The predicted octanol–water partition coefficient (Wildman–Crippen LogP) is 3.05. The average molecular weight is 205 g/mol. The summed E-state index contributed by atoms with van der Waals surface area (Å²) in [7, 11) is 0. The van der Waals surface area contributed by atoms with Gasteiger partial charge in [-0.2, -0.15) is 0 Å². The summed E-state index contributed by atoms with van der Waals surface area (Å²) in [5, 5.41) is 3.59. The summed E-state index contributed by atoms with van der Waals surface area (Å²) in [6, 6.07) is 2.63. The molecule has 0 aromatic carbocycles. The van der Waals surface area contributed by atoms with Gasteiger partial charge in [-0.05, 0) is 36.9 Å². The zero-order valence-corrected chi connectivity index (χ0v) is 9.17. The van der Waals surface area contributed by atoms with E-state index >= 15 is 0 Å². The Bertz CT molecular complexity index is 325. The van der Waals surface area contributed by atoms with Gasteiger partial charge in [0.05, 0.1) is 12.3 Å². The quantitative estimate of drug-likeness (QED) is 0.802. The van der Waals surface area contributed by atoms with Gasteiger partial charge in [0.1, 0.15) is 5.76 Å². The third-order valence-electron chi connectivity index (χ3n) is 3.93. The Labute approximate surface area is 91.0 Å². The summed E-state index contributed by atoms with van der Waals surface area (Å²) in [4.78, 5) is 0. The molecule has 2 heteroatoms. The highest BCUT2D eigenvalue weighted by atomic mass is 16.3. The van der Waals surface area contributed by atoms with Crippen molar-refractivity contribution in [2.75, 3.05) is 6.54 Å². The van der Waals surface area contributed by atoms with Crippen LogP contribution in [0.4, 0.5) is 0 Å². The normalized spacial score (nSPS) is 26.8. The van der Waals surface area contributed by atoms with Crippen LogP contribution in [0.1, 0.15) is 49.5 Å². The maximum atomic E-state index is 5.62. The zero-order chi connectivity index (χ0) is 10.1. The van der Waals surface area contributed by atoms with E-state index in [1.165, 1.54) is 43.4 Å². The number of furan rings is 1. The molecule has 0 saturated heterocycles. The first-order valence-electron chi connectivity index (χ1n) is 6.23. The van der Waals surface area contributed by atoms with Gasteiger partial charge >= 0.3 is 0 Å². The van der Waals surface area contributed by atoms with E-state index in [-0.39, 0.29) is 0 Å². The topological polar surface area (TPSA) is 25.2 Å². The van der Waals surface area contributed by atoms with Gasteiger partial charge < -0.3 is 9.73 Å². The van der Waals surface area contributed by atoms with Crippen LogP contribution in [-0.4, -0.2) is 6.54 Å². The van der Waals surface area contributed by atoms with Crippen molar-refractivity contribution in [3.05, 3.63) is 23.7 Å². The minimum atomic E-state index is 0.492. The first kappa shape index (κ1) is 9.46. The summed E-state index contributed by atoms with van der Waals surface area (Å²) >= 11 is 0. The van der Waals surface area contributed by atoms with Crippen LogP contribution in [0.3, 0.4) is 0 Å². The van der Waals surface area contributed by atoms with Crippen molar-refractivity contribution in [3.8, 4) is 0 Å². The Hall–Kier alpha value is -0.760. The van der Waals surface area contributed by atoms with Gasteiger partial charge in [0, 0.05) is 0 Å². The van der Waals surface area contributed by atoms with Crippen molar-refractivity contribution in [1.29, 1.82) is 0 Å². The molecule has 1 fully saturated rings. The van der Waals surface area contributed by atoms with Crippen LogP contribution in [0.15, 0.2) is 16.7 Å². The van der Waals surface area contributed by atoms with Gasteiger partial charge in [0.15, 0.2) is 0 Å². The third-order valence-corrected chi connectivity index (χ3v) is 3.93. The molecule has 1 aliphatic heterocycles. The lowest BCUT2D eigenvalue weighted by Gasteiger charge is -2.25. The summed E-state index contributed by atoms with van der Waals surface area (Å²) in [6.45, 7) is 1.12. The van der Waals surface area contributed by atoms with E-state index in [2.05, 4.69) is 11.4 Å². The van der Waals surface area contributed by atoms with E-state index in [0.29, 0.717) is 6.04 Å². The minimum Gasteiger partial charge on any atom is -0.467 e. The number of nitrogens with one attached hydrogen (secondary N) is 1. The molecule has 2 heterocycles. The second kappa shape index (κ2) is 4.01. The average Bonchev–Trinajstić information content (AvgIpc) is 2.87. The van der Waals surface area contributed by atoms with Crippen LogP contribution in [-0.2, 0) is 6.42 Å². The molecule has 0 spiro atoms. The van der Waals surface area contributed by atoms with E-state index in [0.717, 1.165) is 18.9 Å². The van der Waals surface area contributed by atoms with Crippen molar-refractivity contribution in [2.24, 2.45) is 5.92 Å². The fourth-order valence-electron chi connectivity index (χ4n) is 3.10. The Morgan fingerprint density at radius 1 is 1.33 bits per heavy atom. The second-order valence-corrected chi connectivity index (χ2v) is 4.95. The van der Waals surface area contributed by atoms with Gasteiger partial charge in [-0.15, -0.1) is 0 Å². The smallest absolute Gasteiger partial charge is 0.123 e. The molecule has 2 aliphatic rings. The van der Waals surface area contributed by atoms with Crippen molar-refractivity contribution in [1.82, 2.24) is 5.32 Å². The van der Waals surface area contributed by atoms with Crippen molar-refractivity contribution in [2.45, 2.75) is 44.6 Å². The minimum absolute atomic E-state index is 0.492. The predicted molar refractivity (Wildman–Crippen MR) is 59.7 cm³/mol. The molecule has 1 unspecified atom stereocenters. The van der Waals surface area contributed by atoms with Crippen molar-refractivity contribution < 1.29 is 4.42 Å². The van der Waals surface area contributed by atoms with Crippen LogP contribution in [0.25, 0.3) is 0 Å². The van der Waals surface area contributed by atoms with Crippen LogP contribution in [0, 0.1) is 5.92 Å². The lowest BCUT2D eigenvalue weighted by atomic mass is 9.93. The van der Waals surface area contributed by atoms with Gasteiger partial charge in [0.25, 0.3) is 0 Å². The van der Waals surface area contributed by atoms with Crippen LogP contribution < -0.4 is 5.32 Å². The van der Waals surface area contributed by atoms with Crippen molar-refractivity contribution in [3.63, 3.8) is 0 Å². The van der Waals surface area contributed by atoms with E-state index in [4.69, 9.17) is 4.42 Å². The number of rotatable bonds is 2. The molecule has 1 atom stereocenters. The van der Waals surface area contributed by atoms with E-state index in [1.54, 1.807) is 0 Å². The highest BCUT2D eigenvalue weighted by molar-refractivity contribution is 5.23. The maximum Gasteiger partial charge on any atom is 0.123 e. The standard InChI is InChI=1S/C13H19NO/c1-2-4-10(3-1)9-12-13-11(5-7-14-12)6-8-15-13/h6,8,10,12,14H,1-5,7,9H2. The van der Waals surface area contributed by atoms with E-state index in [1.807, 2.05) is 6.26 Å². The second-order valence-electron chi connectivity index (χ2n) is 4.95. The monoisotopic (exact) mass is 205 g/mol. The summed E-state index contributed by atoms with van der Waals surface area (Å²) < 4.78 is 5.62. The van der Waals surface area contributed by atoms with E-state index in [9.17, 15) is 0 Å². The molecule has 2 nitrogen and oxygen atoms in total. The Kier molecular flexibility index (Phi) is 2.53. The number of hydrogen-bond donors (Lipinski definition) is 1. The zero-order valence-electron chi connectivity index (χ0n) is 9.17. The molecule has 1 aromatic heterocycles. The largest absolute Gasteiger partial charge is 0.467 e. The summed E-state index contributed by atoms with van der Waals surface area (Å²) in [5.74, 6) is 2.15. The first-order valence-corrected chi connectivity index (χ1v) is 6.23. The molecule has 0 bridgehead atoms. The Morgan fingerprint density at radius 3 is 3.07 bits per heavy atom. The maximum absolute atomic E-state index is 5.62. The first-order chi connectivity index (χ1) is 7.43. The SMILES string of the molecule is c1cc2c(o1)C(CC1CCCC1)NCC2. The van der Waals surface area contributed by atoms with Gasteiger partial charge in [0.2, 0.25) is 0 Å². The molecule has 1 aromatic rings. The van der Waals surface area contributed by atoms with Gasteiger partial charge in [-0.1, -0.05) is 25.7 Å². The van der Waals surface area contributed by atoms with Gasteiger partial charge in [-0.25, -0.2) is 0 Å². The lowest BCUT2D eigenvalue weighted by molar-refractivity contribution is 0.328. The molecule has 15 heavy (non-hydrogen) atoms. The molecule has 0 amide bonds. The van der Waals surface area contributed by atoms with Gasteiger partial charge in [-0.3, -0.25) is 0 Å². The van der Waals surface area contributed by atoms with Crippen LogP contribution in [0.5, 0.6) is 0 Å². The summed E-state index contributed by atoms with van der Waals surface area (Å²) in [5.41, 5.74) is 1.43. The van der Waals surface area contributed by atoms with E-state index < -0.39 is 0 Å². The molecule has 82 valence electrons. The van der Waals surface area contributed by atoms with Crippen LogP contribution in [0.2, 0.25) is 0 Å². The fraction of sp³-hybridized carbons (Fsp3) is 0.692. The number of hydrogen-bond acceptors (Lipinski definition) is 2. The van der Waals surface area contributed by atoms with Crippen LogP contribution >= 0.6 is 0 Å². The molecular formula is C13H19NO. The highest BCUT2D eigenvalue weighted by Crippen LogP contribution is 2.35. The lowest BCUT2D eigenvalue weighted by Crippen LogP contribution is -2.30. The molecule has 1 aliphatic carbocycles. The molecule has 1 N–H and O–H groups in total. The summed E-state index contributed by atoms with van der Waals surface area (Å²) in [6.07, 6.45) is 9.97. The Morgan fingerprint density at radius 2 is 2.20 bits per heavy atom. The highest BCUT2D eigenvalue weighted by Gasteiger charge is 2.26. The Balaban J connectivity index is 1.72.